The highest BCUT2D eigenvalue weighted by Gasteiger charge is 2.19. The van der Waals surface area contributed by atoms with Crippen LogP contribution in [-0.2, 0) is 4.79 Å². The molecule has 0 spiro atoms. The quantitative estimate of drug-likeness (QED) is 0.864. The van der Waals surface area contributed by atoms with Gasteiger partial charge in [0.2, 0.25) is 0 Å². The van der Waals surface area contributed by atoms with E-state index >= 15 is 0 Å². The minimum absolute atomic E-state index is 0.153. The van der Waals surface area contributed by atoms with Crippen LogP contribution < -0.4 is 10.1 Å². The molecule has 2 aromatic rings. The number of carbonyl (C=O) groups is 1. The van der Waals surface area contributed by atoms with Crippen molar-refractivity contribution in [2.24, 2.45) is 0 Å². The van der Waals surface area contributed by atoms with Gasteiger partial charge in [-0.05, 0) is 49.6 Å². The molecule has 0 saturated carbocycles. The van der Waals surface area contributed by atoms with E-state index in [0.717, 1.165) is 16.8 Å². The van der Waals surface area contributed by atoms with Gasteiger partial charge in [0.25, 0.3) is 5.91 Å². The van der Waals surface area contributed by atoms with Crippen LogP contribution in [0.1, 0.15) is 24.5 Å². The van der Waals surface area contributed by atoms with Crippen molar-refractivity contribution in [1.82, 2.24) is 0 Å². The van der Waals surface area contributed by atoms with Gasteiger partial charge in [0.05, 0.1) is 0 Å². The summed E-state index contributed by atoms with van der Waals surface area (Å²) in [6.45, 7) is 5.86. The van der Waals surface area contributed by atoms with Gasteiger partial charge in [-0.25, -0.2) is 0 Å². The molecule has 0 aliphatic rings. The molecule has 22 heavy (non-hydrogen) atoms. The molecule has 0 aliphatic heterocycles. The maximum Gasteiger partial charge on any atom is 0.265 e. The van der Waals surface area contributed by atoms with Crippen molar-refractivity contribution in [3.05, 3.63) is 58.6 Å². The maximum atomic E-state index is 12.5. The SMILES string of the molecule is CCC(Oc1cccc(Cl)c1)C(=O)Nc1c(C)cccc1C. The molecular weight excluding hydrogens is 298 g/mol. The van der Waals surface area contributed by atoms with Crippen LogP contribution in [0.3, 0.4) is 0 Å². The molecule has 0 aliphatic carbocycles. The van der Waals surface area contributed by atoms with E-state index in [-0.39, 0.29) is 5.91 Å². The zero-order valence-electron chi connectivity index (χ0n) is 13.0. The molecule has 0 fully saturated rings. The van der Waals surface area contributed by atoms with Gasteiger partial charge in [0.1, 0.15) is 5.75 Å². The average molecular weight is 318 g/mol. The summed E-state index contributed by atoms with van der Waals surface area (Å²) in [7, 11) is 0. The third-order valence-corrected chi connectivity index (χ3v) is 3.70. The monoisotopic (exact) mass is 317 g/mol. The summed E-state index contributed by atoms with van der Waals surface area (Å²) in [4.78, 5) is 12.5. The van der Waals surface area contributed by atoms with Crippen molar-refractivity contribution in [2.75, 3.05) is 5.32 Å². The average Bonchev–Trinajstić information content (AvgIpc) is 2.48. The van der Waals surface area contributed by atoms with Gasteiger partial charge in [-0.3, -0.25) is 4.79 Å². The van der Waals surface area contributed by atoms with Gasteiger partial charge < -0.3 is 10.1 Å². The Bertz CT molecular complexity index is 650. The molecule has 0 radical (unpaired) electrons. The molecule has 3 nitrogen and oxygen atoms in total. The molecular formula is C18H20ClNO2. The fourth-order valence-electron chi connectivity index (χ4n) is 2.24. The molecule has 0 saturated heterocycles. The first-order chi connectivity index (χ1) is 10.5. The van der Waals surface area contributed by atoms with Crippen LogP contribution in [0.25, 0.3) is 0 Å². The fraction of sp³-hybridized carbons (Fsp3) is 0.278. The number of nitrogens with one attached hydrogen (secondary N) is 1. The summed E-state index contributed by atoms with van der Waals surface area (Å²) in [6, 6.07) is 13.0. The number of halogens is 1. The standard InChI is InChI=1S/C18H20ClNO2/c1-4-16(22-15-10-6-9-14(19)11-15)18(21)20-17-12(2)7-5-8-13(17)3/h5-11,16H,4H2,1-3H3,(H,20,21). The van der Waals surface area contributed by atoms with E-state index in [0.29, 0.717) is 17.2 Å². The molecule has 116 valence electrons. The lowest BCUT2D eigenvalue weighted by molar-refractivity contribution is -0.122. The lowest BCUT2D eigenvalue weighted by Crippen LogP contribution is -2.32. The number of carbonyl (C=O) groups excluding carboxylic acids is 1. The number of para-hydroxylation sites is 1. The number of benzene rings is 2. The van der Waals surface area contributed by atoms with Crippen LogP contribution >= 0.6 is 11.6 Å². The molecule has 2 aromatic carbocycles. The van der Waals surface area contributed by atoms with E-state index in [4.69, 9.17) is 16.3 Å². The Morgan fingerprint density at radius 2 is 1.82 bits per heavy atom. The molecule has 4 heteroatoms. The number of amides is 1. The van der Waals surface area contributed by atoms with E-state index in [1.54, 1.807) is 24.3 Å². The Morgan fingerprint density at radius 3 is 2.41 bits per heavy atom. The number of hydrogen-bond acceptors (Lipinski definition) is 2. The largest absolute Gasteiger partial charge is 0.481 e. The summed E-state index contributed by atoms with van der Waals surface area (Å²) in [5.74, 6) is 0.441. The van der Waals surface area contributed by atoms with Crippen molar-refractivity contribution in [3.63, 3.8) is 0 Å². The van der Waals surface area contributed by atoms with Crippen LogP contribution in [-0.4, -0.2) is 12.0 Å². The number of aryl methyl sites for hydroxylation is 2. The number of ether oxygens (including phenoxy) is 1. The smallest absolute Gasteiger partial charge is 0.265 e. The fourth-order valence-corrected chi connectivity index (χ4v) is 2.42. The molecule has 0 bridgehead atoms. The van der Waals surface area contributed by atoms with E-state index in [2.05, 4.69) is 5.32 Å². The van der Waals surface area contributed by atoms with E-state index in [1.165, 1.54) is 0 Å². The molecule has 0 aromatic heterocycles. The number of hydrogen-bond donors (Lipinski definition) is 1. The highest BCUT2D eigenvalue weighted by Crippen LogP contribution is 2.22. The Morgan fingerprint density at radius 1 is 1.18 bits per heavy atom. The highest BCUT2D eigenvalue weighted by molar-refractivity contribution is 6.30. The van der Waals surface area contributed by atoms with Gasteiger partial charge in [0, 0.05) is 10.7 Å². The van der Waals surface area contributed by atoms with Gasteiger partial charge >= 0.3 is 0 Å². The minimum Gasteiger partial charge on any atom is -0.481 e. The van der Waals surface area contributed by atoms with Crippen molar-refractivity contribution >= 4 is 23.2 Å². The summed E-state index contributed by atoms with van der Waals surface area (Å²) in [6.07, 6.45) is 0.0148. The maximum absolute atomic E-state index is 12.5. The molecule has 1 unspecified atom stereocenters. The predicted octanol–water partition coefficient (Wildman–Crippen LogP) is 4.75. The third kappa shape index (κ3) is 4.01. The first-order valence-corrected chi connectivity index (χ1v) is 7.68. The van der Waals surface area contributed by atoms with Crippen LogP contribution in [0.5, 0.6) is 5.75 Å². The Balaban J connectivity index is 2.12. The number of rotatable bonds is 5. The van der Waals surface area contributed by atoms with Gasteiger partial charge in [0.15, 0.2) is 6.10 Å². The van der Waals surface area contributed by atoms with E-state index in [1.807, 2.05) is 39.0 Å². The second-order valence-electron chi connectivity index (χ2n) is 5.23. The lowest BCUT2D eigenvalue weighted by Gasteiger charge is -2.19. The van der Waals surface area contributed by atoms with Gasteiger partial charge in [-0.15, -0.1) is 0 Å². The van der Waals surface area contributed by atoms with Crippen molar-refractivity contribution in [2.45, 2.75) is 33.3 Å². The summed E-state index contributed by atoms with van der Waals surface area (Å²) in [5.41, 5.74) is 2.91. The van der Waals surface area contributed by atoms with Crippen LogP contribution in [0.4, 0.5) is 5.69 Å². The number of anilines is 1. The van der Waals surface area contributed by atoms with Crippen molar-refractivity contribution < 1.29 is 9.53 Å². The third-order valence-electron chi connectivity index (χ3n) is 3.47. The first kappa shape index (κ1) is 16.4. The molecule has 1 atom stereocenters. The zero-order valence-corrected chi connectivity index (χ0v) is 13.8. The molecule has 1 amide bonds. The molecule has 2 rings (SSSR count). The van der Waals surface area contributed by atoms with Crippen LogP contribution in [0.2, 0.25) is 5.02 Å². The van der Waals surface area contributed by atoms with Crippen molar-refractivity contribution in [3.8, 4) is 5.75 Å². The summed E-state index contributed by atoms with van der Waals surface area (Å²) in [5, 5.41) is 3.55. The zero-order chi connectivity index (χ0) is 16.1. The van der Waals surface area contributed by atoms with Gasteiger partial charge in [-0.1, -0.05) is 42.8 Å². The molecule has 1 N–H and O–H groups in total. The second kappa shape index (κ2) is 7.32. The van der Waals surface area contributed by atoms with E-state index < -0.39 is 6.10 Å². The Hall–Kier alpha value is -2.00. The van der Waals surface area contributed by atoms with Crippen molar-refractivity contribution in [1.29, 1.82) is 0 Å². The first-order valence-electron chi connectivity index (χ1n) is 7.30. The highest BCUT2D eigenvalue weighted by atomic mass is 35.5. The summed E-state index contributed by atoms with van der Waals surface area (Å²) >= 11 is 5.94. The topological polar surface area (TPSA) is 38.3 Å². The van der Waals surface area contributed by atoms with Crippen LogP contribution in [0.15, 0.2) is 42.5 Å². The molecule has 0 heterocycles. The lowest BCUT2D eigenvalue weighted by atomic mass is 10.1. The Kier molecular flexibility index (Phi) is 5.45. The minimum atomic E-state index is -0.558. The second-order valence-corrected chi connectivity index (χ2v) is 5.66. The normalized spacial score (nSPS) is 11.8. The van der Waals surface area contributed by atoms with E-state index in [9.17, 15) is 4.79 Å². The summed E-state index contributed by atoms with van der Waals surface area (Å²) < 4.78 is 5.76. The Labute approximate surface area is 136 Å². The predicted molar refractivity (Wildman–Crippen MR) is 90.7 cm³/mol. The van der Waals surface area contributed by atoms with Crippen LogP contribution in [0, 0.1) is 13.8 Å². The van der Waals surface area contributed by atoms with Gasteiger partial charge in [-0.2, -0.15) is 0 Å².